The van der Waals surface area contributed by atoms with Gasteiger partial charge in [0.25, 0.3) is 0 Å². The van der Waals surface area contributed by atoms with Crippen LogP contribution in [0.5, 0.6) is 0 Å². The van der Waals surface area contributed by atoms with Crippen LogP contribution in [0.25, 0.3) is 0 Å². The number of hydrogen-bond acceptors (Lipinski definition) is 4. The molecule has 4 heteroatoms. The van der Waals surface area contributed by atoms with E-state index in [0.717, 1.165) is 12.8 Å². The Balaban J connectivity index is 1.33. The van der Waals surface area contributed by atoms with Crippen LogP contribution in [0.3, 0.4) is 0 Å². The fraction of sp³-hybridized carbons (Fsp3) is 1.00. The lowest BCUT2D eigenvalue weighted by Crippen LogP contribution is -2.60. The van der Waals surface area contributed by atoms with Gasteiger partial charge in [0.1, 0.15) is 6.10 Å². The molecule has 0 amide bonds. The summed E-state index contributed by atoms with van der Waals surface area (Å²) in [5.74, 6) is 1.42. The molecule has 2 bridgehead atoms. The molecule has 12 atom stereocenters. The molecule has 0 aromatic carbocycles. The first kappa shape index (κ1) is 23.0. The highest BCUT2D eigenvalue weighted by atomic mass is 16.8. The Morgan fingerprint density at radius 2 is 1.56 bits per heavy atom. The minimum absolute atomic E-state index is 0.00159. The first-order valence-electron chi connectivity index (χ1n) is 14.5. The third kappa shape index (κ3) is 2.04. The number of aliphatic hydroxyl groups excluding tert-OH is 2. The molecule has 2 aliphatic heterocycles. The highest BCUT2D eigenvalue weighted by Crippen LogP contribution is 2.90. The summed E-state index contributed by atoms with van der Waals surface area (Å²) in [5.41, 5.74) is 0.281. The first-order chi connectivity index (χ1) is 15.8. The van der Waals surface area contributed by atoms with Crippen molar-refractivity contribution >= 4 is 0 Å². The third-order valence-corrected chi connectivity index (χ3v) is 14.5. The van der Waals surface area contributed by atoms with Crippen molar-refractivity contribution < 1.29 is 19.7 Å². The van der Waals surface area contributed by atoms with Gasteiger partial charge in [-0.05, 0) is 96.7 Å². The second-order valence-corrected chi connectivity index (χ2v) is 15.6. The fourth-order valence-electron chi connectivity index (χ4n) is 12.7. The fourth-order valence-corrected chi connectivity index (χ4v) is 12.7. The van der Waals surface area contributed by atoms with Gasteiger partial charge in [0, 0.05) is 11.3 Å². The Labute approximate surface area is 206 Å². The smallest absolute Gasteiger partial charge is 0.199 e. The van der Waals surface area contributed by atoms with Crippen molar-refractivity contribution in [2.45, 2.75) is 123 Å². The summed E-state index contributed by atoms with van der Waals surface area (Å²) in [6.07, 6.45) is 8.57. The van der Waals surface area contributed by atoms with Crippen molar-refractivity contribution in [3.63, 3.8) is 0 Å². The van der Waals surface area contributed by atoms with Crippen LogP contribution in [0.4, 0.5) is 0 Å². The maximum absolute atomic E-state index is 12.5. The Morgan fingerprint density at radius 1 is 0.882 bits per heavy atom. The molecule has 34 heavy (non-hydrogen) atoms. The number of rotatable bonds is 1. The molecule has 5 saturated carbocycles. The Bertz CT molecular complexity index is 931. The molecule has 0 aromatic rings. The average Bonchev–Trinajstić information content (AvgIpc) is 3.29. The average molecular weight is 473 g/mol. The molecule has 7 rings (SSSR count). The van der Waals surface area contributed by atoms with E-state index in [9.17, 15) is 10.2 Å². The van der Waals surface area contributed by atoms with Crippen LogP contribution in [-0.4, -0.2) is 40.4 Å². The largest absolute Gasteiger partial charge is 0.393 e. The van der Waals surface area contributed by atoms with Gasteiger partial charge in [0.05, 0.1) is 18.3 Å². The van der Waals surface area contributed by atoms with Gasteiger partial charge >= 0.3 is 0 Å². The zero-order valence-electron chi connectivity index (χ0n) is 22.6. The molecule has 12 unspecified atom stereocenters. The highest BCUT2D eigenvalue weighted by molar-refractivity contribution is 5.34. The van der Waals surface area contributed by atoms with E-state index >= 15 is 0 Å². The van der Waals surface area contributed by atoms with Gasteiger partial charge in [-0.1, -0.05) is 48.5 Å². The molecule has 7 aliphatic rings. The molecular formula is C30H48O4. The molecule has 2 N–H and O–H groups in total. The first-order valence-corrected chi connectivity index (χ1v) is 14.5. The number of aliphatic hydroxyl groups is 2. The van der Waals surface area contributed by atoms with E-state index < -0.39 is 11.9 Å². The van der Waals surface area contributed by atoms with Crippen molar-refractivity contribution in [3.05, 3.63) is 0 Å². The lowest BCUT2D eigenvalue weighted by Gasteiger charge is -2.63. The van der Waals surface area contributed by atoms with Gasteiger partial charge < -0.3 is 19.7 Å². The lowest BCUT2D eigenvalue weighted by molar-refractivity contribution is -0.297. The summed E-state index contributed by atoms with van der Waals surface area (Å²) >= 11 is 0. The van der Waals surface area contributed by atoms with Crippen LogP contribution >= 0.6 is 0 Å². The maximum Gasteiger partial charge on any atom is 0.199 e. The summed E-state index contributed by atoms with van der Waals surface area (Å²) in [5, 5.41) is 23.4. The summed E-state index contributed by atoms with van der Waals surface area (Å²) < 4.78 is 13.8. The number of hydrogen-bond donors (Lipinski definition) is 2. The highest BCUT2D eigenvalue weighted by Gasteiger charge is 2.88. The Morgan fingerprint density at radius 3 is 2.26 bits per heavy atom. The molecular weight excluding hydrogens is 424 g/mol. The third-order valence-electron chi connectivity index (χ3n) is 14.5. The Kier molecular flexibility index (Phi) is 4.13. The van der Waals surface area contributed by atoms with Gasteiger partial charge in [0.2, 0.25) is 0 Å². The van der Waals surface area contributed by atoms with Crippen LogP contribution in [-0.2, 0) is 9.47 Å². The molecule has 3 spiro atoms. The van der Waals surface area contributed by atoms with Crippen LogP contribution in [0.1, 0.15) is 99.8 Å². The van der Waals surface area contributed by atoms with E-state index in [0.29, 0.717) is 41.1 Å². The summed E-state index contributed by atoms with van der Waals surface area (Å²) in [6, 6.07) is 0. The molecule has 2 saturated heterocycles. The van der Waals surface area contributed by atoms with Crippen LogP contribution in [0.15, 0.2) is 0 Å². The van der Waals surface area contributed by atoms with Gasteiger partial charge in [-0.2, -0.15) is 0 Å². The monoisotopic (exact) mass is 472 g/mol. The van der Waals surface area contributed by atoms with Crippen molar-refractivity contribution in [1.29, 1.82) is 0 Å². The molecule has 0 radical (unpaired) electrons. The van der Waals surface area contributed by atoms with E-state index in [1.165, 1.54) is 38.5 Å². The van der Waals surface area contributed by atoms with Gasteiger partial charge in [0.15, 0.2) is 5.79 Å². The SMILES string of the molecule is CC1CC2(C(C)C)COC3(O2)C1C1(C)CCC24CC25CCC(O)C(C)(C)C5CCC4C1(C)C3O. The maximum atomic E-state index is 12.5. The molecule has 192 valence electrons. The van der Waals surface area contributed by atoms with Crippen molar-refractivity contribution in [1.82, 2.24) is 0 Å². The Hall–Kier alpha value is -0.160. The van der Waals surface area contributed by atoms with Gasteiger partial charge in [-0.3, -0.25) is 0 Å². The van der Waals surface area contributed by atoms with Crippen LogP contribution < -0.4 is 0 Å². The quantitative estimate of drug-likeness (QED) is 0.526. The second-order valence-electron chi connectivity index (χ2n) is 15.6. The van der Waals surface area contributed by atoms with Gasteiger partial charge in [-0.15, -0.1) is 0 Å². The molecule has 5 aliphatic carbocycles. The van der Waals surface area contributed by atoms with Crippen molar-refractivity contribution in [2.75, 3.05) is 6.61 Å². The zero-order chi connectivity index (χ0) is 24.3. The van der Waals surface area contributed by atoms with E-state index in [4.69, 9.17) is 9.47 Å². The molecule has 0 aromatic heterocycles. The van der Waals surface area contributed by atoms with Crippen LogP contribution in [0, 0.1) is 56.7 Å². The van der Waals surface area contributed by atoms with E-state index in [2.05, 4.69) is 48.5 Å². The predicted molar refractivity (Wildman–Crippen MR) is 131 cm³/mol. The van der Waals surface area contributed by atoms with E-state index in [1.807, 2.05) is 0 Å². The van der Waals surface area contributed by atoms with Crippen LogP contribution in [0.2, 0.25) is 0 Å². The van der Waals surface area contributed by atoms with Crippen molar-refractivity contribution in [2.24, 2.45) is 56.7 Å². The number of ether oxygens (including phenoxy) is 2. The summed E-state index contributed by atoms with van der Waals surface area (Å²) in [6.45, 7) is 17.2. The van der Waals surface area contributed by atoms with Gasteiger partial charge in [-0.25, -0.2) is 0 Å². The predicted octanol–water partition coefficient (Wildman–Crippen LogP) is 5.54. The normalized spacial score (nSPS) is 65.1. The molecule has 2 heterocycles. The zero-order valence-corrected chi connectivity index (χ0v) is 22.6. The van der Waals surface area contributed by atoms with Crippen molar-refractivity contribution in [3.8, 4) is 0 Å². The minimum Gasteiger partial charge on any atom is -0.393 e. The molecule has 4 nitrogen and oxygen atoms in total. The minimum atomic E-state index is -0.835. The second kappa shape index (κ2) is 6.11. The summed E-state index contributed by atoms with van der Waals surface area (Å²) in [4.78, 5) is 0. The lowest BCUT2D eigenvalue weighted by atomic mass is 9.41. The molecule has 7 fully saturated rings. The topological polar surface area (TPSA) is 58.9 Å². The summed E-state index contributed by atoms with van der Waals surface area (Å²) in [7, 11) is 0. The van der Waals surface area contributed by atoms with E-state index in [1.54, 1.807) is 0 Å². The van der Waals surface area contributed by atoms with E-state index in [-0.39, 0.29) is 33.9 Å². The number of fused-ring (bicyclic) bond motifs is 4. The standard InChI is InChI=1S/C30H48O4/c1-17(2)29-14-18(3)22-25(6)12-13-28-15-27(28)11-10-21(31)24(4,5)19(27)8-9-20(28)26(25,7)23(32)30(22,34-29)33-16-29/h17-23,31-32H,8-16H2,1-7H3.